The molecule has 3 N–H and O–H groups in total. The highest BCUT2D eigenvalue weighted by Gasteiger charge is 2.39. The molecule has 1 saturated heterocycles. The van der Waals surface area contributed by atoms with E-state index in [0.29, 0.717) is 21.4 Å². The van der Waals surface area contributed by atoms with Crippen molar-refractivity contribution < 1.29 is 14.7 Å². The summed E-state index contributed by atoms with van der Waals surface area (Å²) < 4.78 is 0. The summed E-state index contributed by atoms with van der Waals surface area (Å²) >= 11 is 1.36. The van der Waals surface area contributed by atoms with Crippen LogP contribution in [0.3, 0.4) is 0 Å². The number of anilines is 1. The third-order valence-electron chi connectivity index (χ3n) is 5.75. The third kappa shape index (κ3) is 4.51. The van der Waals surface area contributed by atoms with E-state index in [1.54, 1.807) is 12.1 Å². The van der Waals surface area contributed by atoms with Crippen LogP contribution in [0.15, 0.2) is 58.4 Å². The van der Waals surface area contributed by atoms with Crippen molar-refractivity contribution in [3.63, 3.8) is 0 Å². The number of carbonyl (C=O) groups is 2. The second-order valence-corrected chi connectivity index (χ2v) is 8.87. The molecule has 7 heteroatoms. The van der Waals surface area contributed by atoms with Gasteiger partial charge in [-0.25, -0.2) is 9.79 Å². The van der Waals surface area contributed by atoms with Crippen molar-refractivity contribution in [2.45, 2.75) is 45.1 Å². The number of carbonyl (C=O) groups excluding carboxylic acids is 1. The Morgan fingerprint density at radius 2 is 1.81 bits per heavy atom. The normalized spacial score (nSPS) is 20.4. The molecule has 0 radical (unpaired) electrons. The zero-order valence-corrected chi connectivity index (χ0v) is 18.2. The molecule has 1 heterocycles. The van der Waals surface area contributed by atoms with Crippen LogP contribution in [-0.4, -0.2) is 33.1 Å². The number of aromatic carboxylic acids is 1. The minimum Gasteiger partial charge on any atom is -0.478 e. The van der Waals surface area contributed by atoms with Gasteiger partial charge in [0, 0.05) is 11.7 Å². The predicted molar refractivity (Wildman–Crippen MR) is 125 cm³/mol. The summed E-state index contributed by atoms with van der Waals surface area (Å²) in [6.07, 6.45) is 5.28. The Balaban J connectivity index is 1.75. The van der Waals surface area contributed by atoms with Crippen LogP contribution in [0.1, 0.15) is 54.9 Å². The maximum absolute atomic E-state index is 13.5. The number of hydrogen-bond donors (Lipinski definition) is 2. The van der Waals surface area contributed by atoms with E-state index in [4.69, 9.17) is 10.7 Å². The number of hydrogen-bond acceptors (Lipinski definition) is 5. The molecule has 0 atom stereocenters. The van der Waals surface area contributed by atoms with Crippen LogP contribution in [0.25, 0.3) is 5.57 Å². The third-order valence-corrected chi connectivity index (χ3v) is 6.91. The highest BCUT2D eigenvalue weighted by Crippen LogP contribution is 2.41. The van der Waals surface area contributed by atoms with Crippen LogP contribution < -0.4 is 5.73 Å². The van der Waals surface area contributed by atoms with Crippen LogP contribution in [0, 0.1) is 0 Å². The van der Waals surface area contributed by atoms with Gasteiger partial charge in [-0.05, 0) is 73.0 Å². The molecule has 0 bridgehead atoms. The summed E-state index contributed by atoms with van der Waals surface area (Å²) in [7, 11) is 0. The first-order chi connectivity index (χ1) is 14.9. The molecule has 0 unspecified atom stereocenters. The van der Waals surface area contributed by atoms with Crippen molar-refractivity contribution in [3.05, 3.63) is 64.6 Å². The Morgan fingerprint density at radius 1 is 1.10 bits per heavy atom. The van der Waals surface area contributed by atoms with Gasteiger partial charge in [0.05, 0.1) is 16.2 Å². The Bertz CT molecular complexity index is 1070. The van der Waals surface area contributed by atoms with E-state index >= 15 is 0 Å². The topological polar surface area (TPSA) is 96.0 Å². The molecule has 1 amide bonds. The monoisotopic (exact) mass is 435 g/mol. The van der Waals surface area contributed by atoms with Crippen LogP contribution in [0.2, 0.25) is 0 Å². The Labute approximate surface area is 185 Å². The van der Waals surface area contributed by atoms with E-state index < -0.39 is 5.97 Å². The first-order valence-electron chi connectivity index (χ1n) is 10.4. The Hall–Kier alpha value is -3.06. The van der Waals surface area contributed by atoms with E-state index in [0.717, 1.165) is 36.8 Å². The summed E-state index contributed by atoms with van der Waals surface area (Å²) in [5.74, 6) is -1.03. The molecule has 0 spiro atoms. The molecule has 160 valence electrons. The van der Waals surface area contributed by atoms with E-state index in [-0.39, 0.29) is 17.5 Å². The molecule has 1 aliphatic heterocycles. The van der Waals surface area contributed by atoms with Crippen LogP contribution >= 0.6 is 11.8 Å². The van der Waals surface area contributed by atoms with Crippen molar-refractivity contribution in [1.82, 2.24) is 4.90 Å². The maximum atomic E-state index is 13.5. The van der Waals surface area contributed by atoms with Crippen molar-refractivity contribution in [2.75, 3.05) is 5.73 Å². The quantitative estimate of drug-likeness (QED) is 0.502. The van der Waals surface area contributed by atoms with Gasteiger partial charge in [0.2, 0.25) is 0 Å². The summed E-state index contributed by atoms with van der Waals surface area (Å²) in [4.78, 5) is 32.1. The van der Waals surface area contributed by atoms with E-state index in [2.05, 4.69) is 0 Å². The van der Waals surface area contributed by atoms with Crippen molar-refractivity contribution in [3.8, 4) is 0 Å². The number of amidine groups is 1. The highest BCUT2D eigenvalue weighted by atomic mass is 32.2. The standard InChI is InChI=1S/C24H25N3O3S/c1-15(16-10-12-18(25)13-11-16)21-22(28)27(20-8-3-2-4-9-20)24(31-21)26-19-7-5-6-17(14-19)23(29)30/h5-7,10-14,20H,2-4,8-9,25H2,1H3,(H,29,30)/b21-15-,26-24?. The zero-order valence-electron chi connectivity index (χ0n) is 17.4. The smallest absolute Gasteiger partial charge is 0.335 e. The minimum absolute atomic E-state index is 0.0284. The van der Waals surface area contributed by atoms with Gasteiger partial charge < -0.3 is 10.8 Å². The second kappa shape index (κ2) is 8.98. The fourth-order valence-electron chi connectivity index (χ4n) is 4.04. The molecule has 1 saturated carbocycles. The molecule has 4 rings (SSSR count). The lowest BCUT2D eigenvalue weighted by Gasteiger charge is -2.30. The SMILES string of the molecule is C/C(=C1/SC(=Nc2cccc(C(=O)O)c2)N(C2CCCCC2)C1=O)c1ccc(N)cc1. The molecular formula is C24H25N3O3S. The number of allylic oxidation sites excluding steroid dienone is 1. The van der Waals surface area contributed by atoms with Gasteiger partial charge in [0.25, 0.3) is 5.91 Å². The van der Waals surface area contributed by atoms with Crippen LogP contribution in [0.4, 0.5) is 11.4 Å². The van der Waals surface area contributed by atoms with Crippen molar-refractivity contribution in [2.24, 2.45) is 4.99 Å². The summed E-state index contributed by atoms with van der Waals surface area (Å²) in [5, 5.41) is 9.91. The van der Waals surface area contributed by atoms with Crippen molar-refractivity contribution >= 4 is 45.8 Å². The minimum atomic E-state index is -0.999. The molecule has 2 fully saturated rings. The molecule has 2 aliphatic rings. The fraction of sp³-hybridized carbons (Fsp3) is 0.292. The van der Waals surface area contributed by atoms with Gasteiger partial charge in [0.15, 0.2) is 5.17 Å². The number of nitrogens with zero attached hydrogens (tertiary/aromatic N) is 2. The fourth-order valence-corrected chi connectivity index (χ4v) is 5.16. The lowest BCUT2D eigenvalue weighted by molar-refractivity contribution is -0.124. The van der Waals surface area contributed by atoms with Crippen LogP contribution in [-0.2, 0) is 4.79 Å². The first-order valence-corrected chi connectivity index (χ1v) is 11.3. The Morgan fingerprint density at radius 3 is 2.48 bits per heavy atom. The number of rotatable bonds is 4. The molecule has 2 aromatic rings. The lowest BCUT2D eigenvalue weighted by atomic mass is 9.94. The molecule has 0 aromatic heterocycles. The number of carboxylic acids is 1. The summed E-state index contributed by atoms with van der Waals surface area (Å²) in [5.41, 5.74) is 9.03. The van der Waals surface area contributed by atoms with Crippen LogP contribution in [0.5, 0.6) is 0 Å². The van der Waals surface area contributed by atoms with E-state index in [9.17, 15) is 14.7 Å². The predicted octanol–water partition coefficient (Wildman–Crippen LogP) is 5.29. The number of benzene rings is 2. The number of amides is 1. The molecular weight excluding hydrogens is 410 g/mol. The van der Waals surface area contributed by atoms with Gasteiger partial charge in [-0.2, -0.15) is 0 Å². The van der Waals surface area contributed by atoms with Gasteiger partial charge in [-0.3, -0.25) is 9.69 Å². The number of nitrogens with two attached hydrogens (primary N) is 1. The largest absolute Gasteiger partial charge is 0.478 e. The zero-order chi connectivity index (χ0) is 22.0. The summed E-state index contributed by atoms with van der Waals surface area (Å²) in [6, 6.07) is 14.1. The number of aliphatic imine (C=N–C) groups is 1. The number of nitrogen functional groups attached to an aromatic ring is 1. The average molecular weight is 436 g/mol. The maximum Gasteiger partial charge on any atom is 0.335 e. The number of thioether (sulfide) groups is 1. The lowest BCUT2D eigenvalue weighted by Crippen LogP contribution is -2.40. The second-order valence-electron chi connectivity index (χ2n) is 7.90. The van der Waals surface area contributed by atoms with Gasteiger partial charge in [-0.15, -0.1) is 0 Å². The van der Waals surface area contributed by atoms with Crippen molar-refractivity contribution in [1.29, 1.82) is 0 Å². The molecule has 2 aromatic carbocycles. The first kappa shape index (κ1) is 21.2. The Kier molecular flexibility index (Phi) is 6.13. The molecule has 6 nitrogen and oxygen atoms in total. The van der Waals surface area contributed by atoms with Gasteiger partial charge >= 0.3 is 5.97 Å². The van der Waals surface area contributed by atoms with E-state index in [1.165, 1.54) is 30.3 Å². The summed E-state index contributed by atoms with van der Waals surface area (Å²) in [6.45, 7) is 1.94. The van der Waals surface area contributed by atoms with Gasteiger partial charge in [-0.1, -0.05) is 37.5 Å². The molecule has 1 aliphatic carbocycles. The average Bonchev–Trinajstić information content (AvgIpc) is 3.10. The molecule has 31 heavy (non-hydrogen) atoms. The highest BCUT2D eigenvalue weighted by molar-refractivity contribution is 8.18. The number of carboxylic acid groups (broad SMARTS) is 1. The van der Waals surface area contributed by atoms with E-state index in [1.807, 2.05) is 36.1 Å². The van der Waals surface area contributed by atoms with Gasteiger partial charge in [0.1, 0.15) is 0 Å².